The van der Waals surface area contributed by atoms with Crippen molar-refractivity contribution in [1.29, 1.82) is 0 Å². The highest BCUT2D eigenvalue weighted by Gasteiger charge is 2.51. The zero-order chi connectivity index (χ0) is 13.3. The smallest absolute Gasteiger partial charge is 0.0637 e. The Bertz CT molecular complexity index is 255. The molecule has 3 nitrogen and oxygen atoms in total. The highest BCUT2D eigenvalue weighted by Crippen LogP contribution is 2.43. The van der Waals surface area contributed by atoms with E-state index in [1.54, 1.807) is 5.06 Å². The summed E-state index contributed by atoms with van der Waals surface area (Å²) in [6.07, 6.45) is 3.12. The van der Waals surface area contributed by atoms with Gasteiger partial charge in [0.15, 0.2) is 0 Å². The first-order valence-corrected chi connectivity index (χ1v) is 6.90. The number of rotatable bonds is 4. The van der Waals surface area contributed by atoms with E-state index in [2.05, 4.69) is 41.5 Å². The van der Waals surface area contributed by atoms with Gasteiger partial charge in [0.1, 0.15) is 0 Å². The van der Waals surface area contributed by atoms with Crippen LogP contribution in [0.1, 0.15) is 60.8 Å². The summed E-state index contributed by atoms with van der Waals surface area (Å²) >= 11 is 0. The van der Waals surface area contributed by atoms with Gasteiger partial charge in [-0.25, -0.2) is 0 Å². The minimum atomic E-state index is -0.213. The Morgan fingerprint density at radius 3 is 2.35 bits per heavy atom. The molecule has 1 saturated heterocycles. The van der Waals surface area contributed by atoms with Crippen molar-refractivity contribution in [1.82, 2.24) is 5.06 Å². The van der Waals surface area contributed by atoms with E-state index in [1.807, 2.05) is 0 Å². The van der Waals surface area contributed by atoms with Gasteiger partial charge >= 0.3 is 0 Å². The first-order valence-electron chi connectivity index (χ1n) is 6.90. The van der Waals surface area contributed by atoms with E-state index >= 15 is 0 Å². The van der Waals surface area contributed by atoms with Crippen molar-refractivity contribution in [3.63, 3.8) is 0 Å². The standard InChI is InChI=1S/C14H29NO2/c1-7-9-17-12-10-13(4,5)15(16)14(6,8-2)11(12)3/h11-12,16H,7-10H2,1-6H3. The molecule has 102 valence electrons. The fourth-order valence-electron chi connectivity index (χ4n) is 2.98. The minimum Gasteiger partial charge on any atom is -0.378 e. The van der Waals surface area contributed by atoms with Crippen molar-refractivity contribution in [3.05, 3.63) is 0 Å². The second-order valence-electron chi connectivity index (χ2n) is 6.24. The fourth-order valence-corrected chi connectivity index (χ4v) is 2.98. The number of ether oxygens (including phenoxy) is 1. The quantitative estimate of drug-likeness (QED) is 0.820. The Hall–Kier alpha value is -0.120. The maximum absolute atomic E-state index is 10.4. The van der Waals surface area contributed by atoms with Crippen molar-refractivity contribution in [3.8, 4) is 0 Å². The molecule has 0 bridgehead atoms. The topological polar surface area (TPSA) is 32.7 Å². The zero-order valence-corrected chi connectivity index (χ0v) is 12.3. The molecule has 0 radical (unpaired) electrons. The number of hydrogen-bond acceptors (Lipinski definition) is 3. The van der Waals surface area contributed by atoms with E-state index < -0.39 is 0 Å². The van der Waals surface area contributed by atoms with Gasteiger partial charge < -0.3 is 9.94 Å². The largest absolute Gasteiger partial charge is 0.378 e. The van der Waals surface area contributed by atoms with Crippen LogP contribution in [0.5, 0.6) is 0 Å². The van der Waals surface area contributed by atoms with Crippen molar-refractivity contribution >= 4 is 0 Å². The number of nitrogens with zero attached hydrogens (tertiary/aromatic N) is 1. The van der Waals surface area contributed by atoms with Crippen LogP contribution < -0.4 is 0 Å². The molecule has 0 aromatic carbocycles. The van der Waals surface area contributed by atoms with Crippen LogP contribution >= 0.6 is 0 Å². The lowest BCUT2D eigenvalue weighted by atomic mass is 9.71. The molecule has 0 spiro atoms. The van der Waals surface area contributed by atoms with E-state index in [0.717, 1.165) is 25.9 Å². The molecule has 1 N–H and O–H groups in total. The van der Waals surface area contributed by atoms with Crippen LogP contribution in [0.2, 0.25) is 0 Å². The van der Waals surface area contributed by atoms with Gasteiger partial charge in [0.2, 0.25) is 0 Å². The Morgan fingerprint density at radius 1 is 1.29 bits per heavy atom. The lowest BCUT2D eigenvalue weighted by molar-refractivity contribution is -0.286. The van der Waals surface area contributed by atoms with Gasteiger partial charge in [-0.05, 0) is 40.0 Å². The molecule has 3 unspecified atom stereocenters. The average Bonchev–Trinajstić information content (AvgIpc) is 2.30. The lowest BCUT2D eigenvalue weighted by Gasteiger charge is -2.56. The van der Waals surface area contributed by atoms with Crippen molar-refractivity contribution in [2.24, 2.45) is 5.92 Å². The van der Waals surface area contributed by atoms with Crippen LogP contribution in [-0.2, 0) is 4.74 Å². The van der Waals surface area contributed by atoms with Gasteiger partial charge in [-0.15, -0.1) is 0 Å². The summed E-state index contributed by atoms with van der Waals surface area (Å²) in [6.45, 7) is 13.6. The zero-order valence-electron chi connectivity index (χ0n) is 12.3. The van der Waals surface area contributed by atoms with E-state index in [9.17, 15) is 5.21 Å². The van der Waals surface area contributed by atoms with Gasteiger partial charge in [-0.3, -0.25) is 0 Å². The molecule has 1 aliphatic heterocycles. The number of hydrogen-bond donors (Lipinski definition) is 1. The molecule has 1 rings (SSSR count). The maximum Gasteiger partial charge on any atom is 0.0637 e. The normalized spacial score (nSPS) is 38.3. The van der Waals surface area contributed by atoms with Crippen molar-refractivity contribution in [2.75, 3.05) is 6.61 Å². The van der Waals surface area contributed by atoms with E-state index in [0.29, 0.717) is 5.92 Å². The summed E-state index contributed by atoms with van der Waals surface area (Å²) in [7, 11) is 0. The molecule has 0 aromatic heterocycles. The maximum atomic E-state index is 10.4. The van der Waals surface area contributed by atoms with Gasteiger partial charge in [0.25, 0.3) is 0 Å². The third-order valence-electron chi connectivity index (χ3n) is 4.55. The summed E-state index contributed by atoms with van der Waals surface area (Å²) in [5.41, 5.74) is -0.407. The summed E-state index contributed by atoms with van der Waals surface area (Å²) in [6, 6.07) is 0. The van der Waals surface area contributed by atoms with E-state index in [1.165, 1.54) is 0 Å². The van der Waals surface area contributed by atoms with Gasteiger partial charge in [-0.1, -0.05) is 20.8 Å². The first kappa shape index (κ1) is 14.9. The predicted octanol–water partition coefficient (Wildman–Crippen LogP) is 3.46. The van der Waals surface area contributed by atoms with Crippen LogP contribution in [0.4, 0.5) is 0 Å². The van der Waals surface area contributed by atoms with E-state index in [4.69, 9.17) is 4.74 Å². The van der Waals surface area contributed by atoms with Gasteiger partial charge in [0, 0.05) is 23.6 Å². The third kappa shape index (κ3) is 2.67. The minimum absolute atomic E-state index is 0.194. The molecule has 0 aliphatic carbocycles. The Kier molecular flexibility index (Phi) is 4.61. The fraction of sp³-hybridized carbons (Fsp3) is 1.00. The first-order chi connectivity index (χ1) is 7.79. The second-order valence-corrected chi connectivity index (χ2v) is 6.24. The van der Waals surface area contributed by atoms with Crippen LogP contribution in [0.15, 0.2) is 0 Å². The molecule has 0 aromatic rings. The molecule has 0 amide bonds. The average molecular weight is 243 g/mol. The number of hydroxylamine groups is 2. The highest BCUT2D eigenvalue weighted by atomic mass is 16.5. The summed E-state index contributed by atoms with van der Waals surface area (Å²) in [5.74, 6) is 0.345. The molecule has 1 aliphatic rings. The van der Waals surface area contributed by atoms with E-state index in [-0.39, 0.29) is 17.2 Å². The Labute approximate surface area is 106 Å². The molecular formula is C14H29NO2. The third-order valence-corrected chi connectivity index (χ3v) is 4.55. The van der Waals surface area contributed by atoms with Crippen LogP contribution in [-0.4, -0.2) is 34.1 Å². The lowest BCUT2D eigenvalue weighted by Crippen LogP contribution is -2.66. The van der Waals surface area contributed by atoms with Gasteiger partial charge in [0.05, 0.1) is 6.10 Å². The second kappa shape index (κ2) is 5.25. The predicted molar refractivity (Wildman–Crippen MR) is 70.2 cm³/mol. The van der Waals surface area contributed by atoms with Crippen LogP contribution in [0.3, 0.4) is 0 Å². The van der Waals surface area contributed by atoms with Crippen LogP contribution in [0, 0.1) is 5.92 Å². The molecule has 0 saturated carbocycles. The van der Waals surface area contributed by atoms with Gasteiger partial charge in [-0.2, -0.15) is 5.06 Å². The molecular weight excluding hydrogens is 214 g/mol. The molecule has 3 heteroatoms. The van der Waals surface area contributed by atoms with Crippen molar-refractivity contribution < 1.29 is 9.94 Å². The SMILES string of the molecule is CCCOC1CC(C)(C)N(O)C(C)(CC)C1C. The van der Waals surface area contributed by atoms with Crippen LogP contribution in [0.25, 0.3) is 0 Å². The summed E-state index contributed by atoms with van der Waals surface area (Å²) in [4.78, 5) is 0. The van der Waals surface area contributed by atoms with Crippen molar-refractivity contribution in [2.45, 2.75) is 78.0 Å². The summed E-state index contributed by atoms with van der Waals surface area (Å²) < 4.78 is 5.99. The number of piperidine rings is 1. The molecule has 1 fully saturated rings. The summed E-state index contributed by atoms with van der Waals surface area (Å²) in [5, 5.41) is 12.0. The molecule has 1 heterocycles. The Balaban J connectivity index is 2.91. The monoisotopic (exact) mass is 243 g/mol. The molecule has 3 atom stereocenters. The highest BCUT2D eigenvalue weighted by molar-refractivity contribution is 5.02. The Morgan fingerprint density at radius 2 is 1.88 bits per heavy atom. The molecule has 17 heavy (non-hydrogen) atoms.